The fourth-order valence-electron chi connectivity index (χ4n) is 1.41. The van der Waals surface area contributed by atoms with Gasteiger partial charge in [0.2, 0.25) is 0 Å². The third-order valence-corrected chi connectivity index (χ3v) is 3.30. The molecule has 0 heterocycles. The molecule has 0 saturated carbocycles. The van der Waals surface area contributed by atoms with Gasteiger partial charge in [0.1, 0.15) is 0 Å². The fourth-order valence-corrected chi connectivity index (χ4v) is 1.91. The summed E-state index contributed by atoms with van der Waals surface area (Å²) in [6.45, 7) is 2.17. The van der Waals surface area contributed by atoms with Crippen molar-refractivity contribution in [2.75, 3.05) is 0 Å². The number of rotatable bonds is 0. The van der Waals surface area contributed by atoms with E-state index in [0.29, 0.717) is 0 Å². The number of hydrogen-bond donors (Lipinski definition) is 0. The molecular weight excluding hydrogens is 259 g/mol. The minimum Gasteiger partial charge on any atom is -0.0610 e. The Balaban J connectivity index is 2.81. The van der Waals surface area contributed by atoms with E-state index in [2.05, 4.69) is 65.9 Å². The number of fused-ring (bicyclic) bond motifs is 1. The molecule has 2 aliphatic rings. The Kier molecular flexibility index (Phi) is 2.05. The van der Waals surface area contributed by atoms with Crippen LogP contribution in [0.2, 0.25) is 0 Å². The van der Waals surface area contributed by atoms with Crippen molar-refractivity contribution in [1.82, 2.24) is 0 Å². The van der Waals surface area contributed by atoms with Crippen LogP contribution in [0, 0.1) is 10.5 Å². The lowest BCUT2D eigenvalue weighted by molar-refractivity contribution is 1.47. The second-order valence-electron chi connectivity index (χ2n) is 2.89. The van der Waals surface area contributed by atoms with E-state index in [1.54, 1.807) is 0 Å². The van der Waals surface area contributed by atoms with Crippen LogP contribution in [-0.2, 0) is 0 Å². The van der Waals surface area contributed by atoms with E-state index in [9.17, 15) is 0 Å². The van der Waals surface area contributed by atoms with Crippen molar-refractivity contribution in [2.45, 2.75) is 6.92 Å². The molecule has 0 amide bonds. The molecule has 12 heavy (non-hydrogen) atoms. The highest BCUT2D eigenvalue weighted by molar-refractivity contribution is 14.1. The van der Waals surface area contributed by atoms with Gasteiger partial charge in [0, 0.05) is 3.57 Å². The van der Waals surface area contributed by atoms with E-state index in [0.717, 1.165) is 0 Å². The summed E-state index contributed by atoms with van der Waals surface area (Å²) >= 11 is 2.37. The Morgan fingerprint density at radius 2 is 1.67 bits per heavy atom. The molecule has 0 aromatic rings. The molecule has 60 valence electrons. The molecule has 0 bridgehead atoms. The first kappa shape index (κ1) is 8.05. The van der Waals surface area contributed by atoms with E-state index < -0.39 is 0 Å². The molecule has 0 atom stereocenters. The maximum absolute atomic E-state index is 2.37. The molecule has 0 fully saturated rings. The zero-order valence-corrected chi connectivity index (χ0v) is 9.00. The van der Waals surface area contributed by atoms with Gasteiger partial charge in [0.25, 0.3) is 0 Å². The second kappa shape index (κ2) is 3.05. The maximum atomic E-state index is 2.37. The molecule has 2 rings (SSSR count). The van der Waals surface area contributed by atoms with Crippen LogP contribution in [0.15, 0.2) is 36.4 Å². The van der Waals surface area contributed by atoms with Crippen LogP contribution < -0.4 is 0 Å². The monoisotopic (exact) mass is 268 g/mol. The molecule has 0 N–H and O–H groups in total. The van der Waals surface area contributed by atoms with E-state index in [1.165, 1.54) is 20.3 Å². The molecule has 0 unspecified atom stereocenters. The van der Waals surface area contributed by atoms with Crippen LogP contribution in [-0.4, -0.2) is 0 Å². The zero-order valence-electron chi connectivity index (χ0n) is 6.84. The minimum atomic E-state index is 1.33. The Hall–Kier alpha value is -0.570. The largest absolute Gasteiger partial charge is 0.0610 e. The van der Waals surface area contributed by atoms with Gasteiger partial charge in [-0.15, -0.1) is 0 Å². The van der Waals surface area contributed by atoms with E-state index >= 15 is 0 Å². The highest BCUT2D eigenvalue weighted by Crippen LogP contribution is 2.27. The average molecular weight is 268 g/mol. The summed E-state index contributed by atoms with van der Waals surface area (Å²) < 4.78 is 1.33. The van der Waals surface area contributed by atoms with E-state index in [1.807, 2.05) is 0 Å². The Bertz CT molecular complexity index is 379. The lowest BCUT2D eigenvalue weighted by Crippen LogP contribution is -1.76. The molecule has 0 radical (unpaired) electrons. The van der Waals surface area contributed by atoms with Crippen LogP contribution in [0.5, 0.6) is 0 Å². The van der Waals surface area contributed by atoms with Gasteiger partial charge in [-0.25, -0.2) is 0 Å². The lowest BCUT2D eigenvalue weighted by atomic mass is 10.1. The standard InChI is InChI=1S/C11H9I/c1-8-10-6-2-4-9(10)5-3-7-11(8)12/h2-7H,1H3. The van der Waals surface area contributed by atoms with E-state index in [4.69, 9.17) is 0 Å². The summed E-state index contributed by atoms with van der Waals surface area (Å²) in [4.78, 5) is 0. The first-order valence-corrected chi connectivity index (χ1v) is 5.01. The molecule has 0 aromatic carbocycles. The molecule has 0 saturated heterocycles. The third kappa shape index (κ3) is 1.22. The predicted octanol–water partition coefficient (Wildman–Crippen LogP) is 3.70. The minimum absolute atomic E-state index is 1.33. The van der Waals surface area contributed by atoms with Gasteiger partial charge in [-0.1, -0.05) is 30.3 Å². The third-order valence-electron chi connectivity index (χ3n) is 2.13. The summed E-state index contributed by atoms with van der Waals surface area (Å²) in [5.74, 6) is 0. The summed E-state index contributed by atoms with van der Waals surface area (Å²) in [7, 11) is 0. The van der Waals surface area contributed by atoms with Crippen molar-refractivity contribution in [1.29, 1.82) is 0 Å². The van der Waals surface area contributed by atoms with Crippen LogP contribution in [0.1, 0.15) is 5.56 Å². The SMILES string of the molecule is Cc1c(I)cccc2cccc1-2. The second-order valence-corrected chi connectivity index (χ2v) is 4.06. The van der Waals surface area contributed by atoms with Crippen molar-refractivity contribution >= 4 is 22.6 Å². The molecule has 0 aromatic heterocycles. The van der Waals surface area contributed by atoms with Gasteiger partial charge >= 0.3 is 0 Å². The quantitative estimate of drug-likeness (QED) is 0.639. The summed E-state index contributed by atoms with van der Waals surface area (Å²) in [6.07, 6.45) is 0. The summed E-state index contributed by atoms with van der Waals surface area (Å²) in [5, 5.41) is 0. The fraction of sp³-hybridized carbons (Fsp3) is 0.0909. The molecule has 0 nitrogen and oxygen atoms in total. The molecule has 0 aliphatic heterocycles. The molecule has 0 spiro atoms. The summed E-state index contributed by atoms with van der Waals surface area (Å²) in [6, 6.07) is 12.8. The Morgan fingerprint density at radius 1 is 1.00 bits per heavy atom. The maximum Gasteiger partial charge on any atom is 0.0165 e. The van der Waals surface area contributed by atoms with Crippen molar-refractivity contribution in [3.8, 4) is 11.1 Å². The van der Waals surface area contributed by atoms with E-state index in [-0.39, 0.29) is 0 Å². The van der Waals surface area contributed by atoms with Gasteiger partial charge in [-0.2, -0.15) is 0 Å². The van der Waals surface area contributed by atoms with Crippen molar-refractivity contribution in [3.63, 3.8) is 0 Å². The first-order chi connectivity index (χ1) is 5.79. The number of halogens is 1. The van der Waals surface area contributed by atoms with Crippen LogP contribution in [0.25, 0.3) is 11.1 Å². The Morgan fingerprint density at radius 3 is 2.42 bits per heavy atom. The van der Waals surface area contributed by atoms with Crippen LogP contribution >= 0.6 is 22.6 Å². The van der Waals surface area contributed by atoms with Crippen LogP contribution in [0.4, 0.5) is 0 Å². The van der Waals surface area contributed by atoms with Crippen molar-refractivity contribution in [3.05, 3.63) is 45.5 Å². The average Bonchev–Trinajstić information content (AvgIpc) is 2.46. The van der Waals surface area contributed by atoms with Crippen molar-refractivity contribution in [2.24, 2.45) is 0 Å². The van der Waals surface area contributed by atoms with Gasteiger partial charge in [0.15, 0.2) is 0 Å². The topological polar surface area (TPSA) is 0 Å². The predicted molar refractivity (Wildman–Crippen MR) is 60.5 cm³/mol. The van der Waals surface area contributed by atoms with Gasteiger partial charge in [0.05, 0.1) is 0 Å². The Labute approximate surface area is 86.1 Å². The van der Waals surface area contributed by atoms with Gasteiger partial charge in [-0.05, 0) is 52.3 Å². The molecular formula is C11H9I. The molecule has 1 heteroatoms. The van der Waals surface area contributed by atoms with Crippen LogP contribution in [0.3, 0.4) is 0 Å². The smallest absolute Gasteiger partial charge is 0.0165 e. The highest BCUT2D eigenvalue weighted by Gasteiger charge is 2.04. The van der Waals surface area contributed by atoms with Crippen molar-refractivity contribution < 1.29 is 0 Å². The normalized spacial score (nSPS) is 10.5. The lowest BCUT2D eigenvalue weighted by Gasteiger charge is -1.97. The number of hydrogen-bond acceptors (Lipinski definition) is 0. The molecule has 2 aliphatic carbocycles. The van der Waals surface area contributed by atoms with Gasteiger partial charge in [-0.3, -0.25) is 0 Å². The summed E-state index contributed by atoms with van der Waals surface area (Å²) in [5.41, 5.74) is 4.07. The first-order valence-electron chi connectivity index (χ1n) is 3.93. The van der Waals surface area contributed by atoms with Gasteiger partial charge < -0.3 is 0 Å². The highest BCUT2D eigenvalue weighted by atomic mass is 127. The zero-order chi connectivity index (χ0) is 8.55.